The number of amides is 2. The summed E-state index contributed by atoms with van der Waals surface area (Å²) in [6, 6.07) is 5.71. The number of nitrogens with one attached hydrogen (secondary N) is 2. The molecule has 0 radical (unpaired) electrons. The molecule has 0 saturated heterocycles. The molecule has 1 aromatic heterocycles. The van der Waals surface area contributed by atoms with Crippen molar-refractivity contribution in [3.05, 3.63) is 36.4 Å². The van der Waals surface area contributed by atoms with Gasteiger partial charge in [-0.05, 0) is 55.2 Å². The first-order valence-corrected chi connectivity index (χ1v) is 10.2. The average molecular weight is 450 g/mol. The van der Waals surface area contributed by atoms with Crippen LogP contribution in [0.25, 0.3) is 0 Å². The van der Waals surface area contributed by atoms with Crippen LogP contribution in [0.3, 0.4) is 0 Å². The lowest BCUT2D eigenvalue weighted by molar-refractivity contribution is -0.127. The molecule has 174 valence electrons. The lowest BCUT2D eigenvalue weighted by atomic mass is 9.85. The minimum Gasteiger partial charge on any atom is -0.489 e. The van der Waals surface area contributed by atoms with E-state index in [0.717, 1.165) is 12.8 Å². The highest BCUT2D eigenvalue weighted by molar-refractivity contribution is 5.80. The molecule has 1 heterocycles. The molecule has 12 heteroatoms. The SMILES string of the molecule is C[C@@H](C(=O)NC1CCC(C(=O)NCCOc2ccccc2F)CC1)n1cnnn1.O=CO. The third kappa shape index (κ3) is 7.60. The van der Waals surface area contributed by atoms with Gasteiger partial charge in [0, 0.05) is 12.0 Å². The minimum atomic E-state index is -0.486. The van der Waals surface area contributed by atoms with Gasteiger partial charge in [-0.25, -0.2) is 9.07 Å². The largest absolute Gasteiger partial charge is 0.489 e. The zero-order chi connectivity index (χ0) is 23.3. The summed E-state index contributed by atoms with van der Waals surface area (Å²) < 4.78 is 20.2. The highest BCUT2D eigenvalue weighted by atomic mass is 19.1. The number of hydrogen-bond donors (Lipinski definition) is 3. The highest BCUT2D eigenvalue weighted by Gasteiger charge is 2.28. The molecular formula is C20H27FN6O5. The predicted molar refractivity (Wildman–Crippen MR) is 110 cm³/mol. The summed E-state index contributed by atoms with van der Waals surface area (Å²) >= 11 is 0. The zero-order valence-corrected chi connectivity index (χ0v) is 17.7. The van der Waals surface area contributed by atoms with Crippen molar-refractivity contribution in [1.29, 1.82) is 0 Å². The van der Waals surface area contributed by atoms with Crippen molar-refractivity contribution < 1.29 is 28.6 Å². The van der Waals surface area contributed by atoms with Crippen LogP contribution < -0.4 is 15.4 Å². The van der Waals surface area contributed by atoms with Crippen molar-refractivity contribution >= 4 is 18.3 Å². The number of benzene rings is 1. The second-order valence-electron chi connectivity index (χ2n) is 7.20. The van der Waals surface area contributed by atoms with Gasteiger partial charge in [-0.2, -0.15) is 0 Å². The van der Waals surface area contributed by atoms with Crippen molar-refractivity contribution in [3.63, 3.8) is 0 Å². The smallest absolute Gasteiger partial charge is 0.290 e. The van der Waals surface area contributed by atoms with E-state index in [1.807, 2.05) is 0 Å². The van der Waals surface area contributed by atoms with Gasteiger partial charge in [-0.15, -0.1) is 5.10 Å². The fourth-order valence-corrected chi connectivity index (χ4v) is 3.33. The maximum Gasteiger partial charge on any atom is 0.290 e. The summed E-state index contributed by atoms with van der Waals surface area (Å²) in [5.74, 6) is -0.513. The van der Waals surface area contributed by atoms with E-state index in [1.54, 1.807) is 25.1 Å². The number of carbonyl (C=O) groups is 3. The number of tetrazole rings is 1. The number of para-hydroxylation sites is 1. The average Bonchev–Trinajstić information content (AvgIpc) is 3.33. The third-order valence-corrected chi connectivity index (χ3v) is 5.08. The summed E-state index contributed by atoms with van der Waals surface area (Å²) in [6.45, 7) is 1.99. The first-order chi connectivity index (χ1) is 15.5. The number of rotatable bonds is 8. The fourth-order valence-electron chi connectivity index (χ4n) is 3.33. The number of ether oxygens (including phenoxy) is 1. The number of nitrogens with zero attached hydrogens (tertiary/aromatic N) is 4. The van der Waals surface area contributed by atoms with Crippen molar-refractivity contribution in [1.82, 2.24) is 30.8 Å². The van der Waals surface area contributed by atoms with E-state index in [0.29, 0.717) is 19.4 Å². The maximum absolute atomic E-state index is 13.5. The number of carbonyl (C=O) groups excluding carboxylic acids is 2. The van der Waals surface area contributed by atoms with E-state index in [-0.39, 0.29) is 42.6 Å². The number of hydrogen-bond acceptors (Lipinski definition) is 7. The zero-order valence-electron chi connectivity index (χ0n) is 17.7. The van der Waals surface area contributed by atoms with Crippen LogP contribution in [0.5, 0.6) is 5.75 Å². The molecule has 0 bridgehead atoms. The van der Waals surface area contributed by atoms with Gasteiger partial charge in [0.05, 0.1) is 6.54 Å². The van der Waals surface area contributed by atoms with E-state index < -0.39 is 11.9 Å². The summed E-state index contributed by atoms with van der Waals surface area (Å²) in [5.41, 5.74) is 0. The molecule has 1 atom stereocenters. The monoisotopic (exact) mass is 450 g/mol. The Morgan fingerprint density at radius 2 is 2.00 bits per heavy atom. The Kier molecular flexibility index (Phi) is 10.0. The molecule has 0 aliphatic heterocycles. The van der Waals surface area contributed by atoms with E-state index in [9.17, 15) is 14.0 Å². The second-order valence-corrected chi connectivity index (χ2v) is 7.20. The van der Waals surface area contributed by atoms with Crippen LogP contribution in [0.15, 0.2) is 30.6 Å². The van der Waals surface area contributed by atoms with Crippen LogP contribution >= 0.6 is 0 Å². The lowest BCUT2D eigenvalue weighted by Crippen LogP contribution is -2.43. The molecule has 2 amide bonds. The summed E-state index contributed by atoms with van der Waals surface area (Å²) in [6.07, 6.45) is 4.27. The number of carboxylic acid groups (broad SMARTS) is 1. The van der Waals surface area contributed by atoms with Gasteiger partial charge in [0.15, 0.2) is 11.6 Å². The molecule has 1 fully saturated rings. The standard InChI is InChI=1S/C19H25FN6O3.CH2O2/c1-13(26-12-22-24-25-26)18(27)23-15-8-6-14(7-9-15)19(28)21-10-11-29-17-5-3-2-4-16(17)20;2-1-3/h2-5,12-15H,6-11H2,1H3,(H,21,28)(H,23,27);1H,(H,2,3)/t13-,14?,15?;/m0./s1. The Hall–Kier alpha value is -3.57. The fraction of sp³-hybridized carbons (Fsp3) is 0.500. The quantitative estimate of drug-likeness (QED) is 0.398. The van der Waals surface area contributed by atoms with Gasteiger partial charge >= 0.3 is 0 Å². The van der Waals surface area contributed by atoms with E-state index in [1.165, 1.54) is 17.1 Å². The van der Waals surface area contributed by atoms with E-state index >= 15 is 0 Å². The summed E-state index contributed by atoms with van der Waals surface area (Å²) in [5, 5.41) is 23.5. The first-order valence-electron chi connectivity index (χ1n) is 10.2. The van der Waals surface area contributed by atoms with Gasteiger partial charge in [0.25, 0.3) is 6.47 Å². The number of halogens is 1. The van der Waals surface area contributed by atoms with Crippen molar-refractivity contribution in [3.8, 4) is 5.75 Å². The summed E-state index contributed by atoms with van der Waals surface area (Å²) in [7, 11) is 0. The van der Waals surface area contributed by atoms with E-state index in [4.69, 9.17) is 14.6 Å². The molecule has 2 aromatic rings. The lowest BCUT2D eigenvalue weighted by Gasteiger charge is -2.29. The van der Waals surface area contributed by atoms with E-state index in [2.05, 4.69) is 26.2 Å². The molecule has 1 saturated carbocycles. The van der Waals surface area contributed by atoms with Gasteiger partial charge < -0.3 is 20.5 Å². The summed E-state index contributed by atoms with van der Waals surface area (Å²) in [4.78, 5) is 33.0. The van der Waals surface area contributed by atoms with Gasteiger partial charge in [0.2, 0.25) is 11.8 Å². The van der Waals surface area contributed by atoms with Crippen LogP contribution in [-0.4, -0.2) is 62.8 Å². The van der Waals surface area contributed by atoms with Crippen molar-refractivity contribution in [2.45, 2.75) is 44.7 Å². The normalized spacial score (nSPS) is 18.4. The Morgan fingerprint density at radius 3 is 2.62 bits per heavy atom. The van der Waals surface area contributed by atoms with Crippen LogP contribution in [0.2, 0.25) is 0 Å². The van der Waals surface area contributed by atoms with Gasteiger partial charge in [-0.3, -0.25) is 14.4 Å². The van der Waals surface area contributed by atoms with Gasteiger partial charge in [-0.1, -0.05) is 12.1 Å². The highest BCUT2D eigenvalue weighted by Crippen LogP contribution is 2.25. The molecule has 3 N–H and O–H groups in total. The molecule has 0 unspecified atom stereocenters. The van der Waals surface area contributed by atoms with Gasteiger partial charge in [0.1, 0.15) is 19.0 Å². The third-order valence-electron chi connectivity index (χ3n) is 5.08. The van der Waals surface area contributed by atoms with Crippen LogP contribution in [0.1, 0.15) is 38.6 Å². The maximum atomic E-state index is 13.5. The van der Waals surface area contributed by atoms with Crippen molar-refractivity contribution in [2.24, 2.45) is 5.92 Å². The van der Waals surface area contributed by atoms with Crippen LogP contribution in [0, 0.1) is 11.7 Å². The Balaban J connectivity index is 0.00000114. The molecule has 11 nitrogen and oxygen atoms in total. The molecular weight excluding hydrogens is 423 g/mol. The van der Waals surface area contributed by atoms with Crippen molar-refractivity contribution in [2.75, 3.05) is 13.2 Å². The molecule has 1 aliphatic rings. The molecule has 1 aromatic carbocycles. The molecule has 1 aliphatic carbocycles. The van der Waals surface area contributed by atoms with Crippen LogP contribution in [-0.2, 0) is 14.4 Å². The minimum absolute atomic E-state index is 0.0334. The Labute approximate surface area is 184 Å². The molecule has 3 rings (SSSR count). The number of aromatic nitrogens is 4. The Bertz CT molecular complexity index is 858. The molecule has 0 spiro atoms. The second kappa shape index (κ2) is 13.0. The predicted octanol–water partition coefficient (Wildman–Crippen LogP) is 0.944. The van der Waals surface area contributed by atoms with Crippen LogP contribution in [0.4, 0.5) is 4.39 Å². The first kappa shape index (κ1) is 24.7. The molecule has 32 heavy (non-hydrogen) atoms. The Morgan fingerprint density at radius 1 is 1.31 bits per heavy atom. The topological polar surface area (TPSA) is 148 Å².